The Bertz CT molecular complexity index is 553. The maximum atomic E-state index is 12.4. The monoisotopic (exact) mass is 298 g/mol. The minimum Gasteiger partial charge on any atom is -0.464 e. The molecule has 0 spiro atoms. The predicted molar refractivity (Wildman–Crippen MR) is 74.4 cm³/mol. The lowest BCUT2D eigenvalue weighted by molar-refractivity contribution is 0.167. The average molecular weight is 298 g/mol. The Morgan fingerprint density at radius 1 is 1.15 bits per heavy atom. The number of benzene rings is 1. The van der Waals surface area contributed by atoms with Crippen molar-refractivity contribution in [2.75, 3.05) is 13.1 Å². The molecule has 0 saturated carbocycles. The fourth-order valence-electron chi connectivity index (χ4n) is 2.23. The van der Waals surface area contributed by atoms with E-state index in [0.717, 1.165) is 19.3 Å². The van der Waals surface area contributed by atoms with Gasteiger partial charge in [-0.2, -0.15) is 17.0 Å². The van der Waals surface area contributed by atoms with Crippen LogP contribution in [-0.4, -0.2) is 41.3 Å². The van der Waals surface area contributed by atoms with Gasteiger partial charge in [-0.05, 0) is 18.4 Å². The molecule has 2 rings (SSSR count). The van der Waals surface area contributed by atoms with Crippen molar-refractivity contribution in [3.63, 3.8) is 0 Å². The second-order valence-electron chi connectivity index (χ2n) is 4.74. The number of carbonyl (C=O) groups is 1. The molecular weight excluding hydrogens is 280 g/mol. The van der Waals surface area contributed by atoms with E-state index in [-0.39, 0.29) is 6.54 Å². The van der Waals surface area contributed by atoms with Gasteiger partial charge >= 0.3 is 16.3 Å². The normalized spacial score (nSPS) is 16.8. The molecule has 1 heterocycles. The second kappa shape index (κ2) is 6.23. The summed E-state index contributed by atoms with van der Waals surface area (Å²) < 4.78 is 26.6. The number of rotatable bonds is 4. The van der Waals surface area contributed by atoms with Gasteiger partial charge in [0, 0.05) is 13.1 Å². The molecule has 0 radical (unpaired) electrons. The molecule has 0 unspecified atom stereocenters. The molecule has 1 N–H and O–H groups in total. The summed E-state index contributed by atoms with van der Waals surface area (Å²) in [4.78, 5) is 11.3. The lowest BCUT2D eigenvalue weighted by Gasteiger charge is -2.30. The van der Waals surface area contributed by atoms with Crippen LogP contribution in [0, 0.1) is 0 Å². The van der Waals surface area contributed by atoms with E-state index in [1.807, 2.05) is 0 Å². The SMILES string of the molecule is O=C(O)N(Cc1ccccc1)S(=O)(=O)N1CCCCC1. The fraction of sp³-hybridized carbons (Fsp3) is 0.462. The Kier molecular flexibility index (Phi) is 4.61. The van der Waals surface area contributed by atoms with Gasteiger partial charge in [0.25, 0.3) is 0 Å². The van der Waals surface area contributed by atoms with Crippen LogP contribution in [0.3, 0.4) is 0 Å². The topological polar surface area (TPSA) is 77.9 Å². The molecule has 20 heavy (non-hydrogen) atoms. The Morgan fingerprint density at radius 3 is 2.30 bits per heavy atom. The highest BCUT2D eigenvalue weighted by Gasteiger charge is 2.34. The first kappa shape index (κ1) is 14.8. The van der Waals surface area contributed by atoms with Crippen molar-refractivity contribution in [2.24, 2.45) is 0 Å². The summed E-state index contributed by atoms with van der Waals surface area (Å²) in [5.41, 5.74) is 0.649. The zero-order valence-electron chi connectivity index (χ0n) is 11.1. The Hall–Kier alpha value is -1.60. The van der Waals surface area contributed by atoms with Crippen LogP contribution in [0.15, 0.2) is 30.3 Å². The molecule has 1 saturated heterocycles. The molecule has 1 aliphatic heterocycles. The van der Waals surface area contributed by atoms with E-state index < -0.39 is 16.3 Å². The van der Waals surface area contributed by atoms with Gasteiger partial charge in [-0.3, -0.25) is 0 Å². The van der Waals surface area contributed by atoms with Crippen LogP contribution in [0.4, 0.5) is 4.79 Å². The zero-order chi connectivity index (χ0) is 14.6. The third-order valence-electron chi connectivity index (χ3n) is 3.30. The quantitative estimate of drug-likeness (QED) is 0.921. The molecule has 0 bridgehead atoms. The third kappa shape index (κ3) is 3.29. The van der Waals surface area contributed by atoms with Crippen molar-refractivity contribution in [2.45, 2.75) is 25.8 Å². The third-order valence-corrected chi connectivity index (χ3v) is 5.16. The van der Waals surface area contributed by atoms with Crippen molar-refractivity contribution in [1.82, 2.24) is 8.61 Å². The molecule has 0 aliphatic carbocycles. The van der Waals surface area contributed by atoms with Gasteiger partial charge in [0.1, 0.15) is 0 Å². The predicted octanol–water partition coefficient (Wildman–Crippen LogP) is 1.90. The summed E-state index contributed by atoms with van der Waals surface area (Å²) in [6.07, 6.45) is 1.09. The Labute approximate surface area is 118 Å². The highest BCUT2D eigenvalue weighted by molar-refractivity contribution is 7.87. The maximum absolute atomic E-state index is 12.4. The van der Waals surface area contributed by atoms with E-state index in [1.165, 1.54) is 4.31 Å². The Balaban J connectivity index is 2.21. The molecule has 1 aromatic carbocycles. The lowest BCUT2D eigenvalue weighted by atomic mass is 10.2. The van der Waals surface area contributed by atoms with Gasteiger partial charge in [0.15, 0.2) is 0 Å². The van der Waals surface area contributed by atoms with Gasteiger partial charge in [-0.25, -0.2) is 4.79 Å². The summed E-state index contributed by atoms with van der Waals surface area (Å²) in [5, 5.41) is 9.22. The van der Waals surface area contributed by atoms with E-state index in [4.69, 9.17) is 0 Å². The average Bonchev–Trinajstić information content (AvgIpc) is 2.46. The minimum absolute atomic E-state index is 0.158. The molecular formula is C13H18N2O4S. The first-order valence-electron chi connectivity index (χ1n) is 6.56. The number of hydrogen-bond acceptors (Lipinski definition) is 3. The van der Waals surface area contributed by atoms with E-state index in [0.29, 0.717) is 23.0 Å². The van der Waals surface area contributed by atoms with Crippen LogP contribution in [0.5, 0.6) is 0 Å². The standard InChI is InChI=1S/C13H18N2O4S/c16-13(17)15(11-12-7-3-1-4-8-12)20(18,19)14-9-5-2-6-10-14/h1,3-4,7-8H,2,5-6,9-11H2,(H,16,17). The fourth-order valence-corrected chi connectivity index (χ4v) is 3.74. The van der Waals surface area contributed by atoms with E-state index in [1.54, 1.807) is 30.3 Å². The highest BCUT2D eigenvalue weighted by atomic mass is 32.2. The summed E-state index contributed by atoms with van der Waals surface area (Å²) in [5.74, 6) is 0. The molecule has 0 atom stereocenters. The number of piperidine rings is 1. The lowest BCUT2D eigenvalue weighted by Crippen LogP contribution is -2.47. The smallest absolute Gasteiger partial charge is 0.422 e. The van der Waals surface area contributed by atoms with Crippen molar-refractivity contribution < 1.29 is 18.3 Å². The first-order chi connectivity index (χ1) is 9.51. The summed E-state index contributed by atoms with van der Waals surface area (Å²) in [6, 6.07) is 8.73. The number of carboxylic acid groups (broad SMARTS) is 1. The first-order valence-corrected chi connectivity index (χ1v) is 7.96. The van der Waals surface area contributed by atoms with Crippen LogP contribution in [-0.2, 0) is 16.8 Å². The summed E-state index contributed by atoms with van der Waals surface area (Å²) >= 11 is 0. The van der Waals surface area contributed by atoms with Gasteiger partial charge in [-0.15, -0.1) is 0 Å². The van der Waals surface area contributed by atoms with Crippen molar-refractivity contribution >= 4 is 16.3 Å². The van der Waals surface area contributed by atoms with Crippen molar-refractivity contribution in [3.8, 4) is 0 Å². The van der Waals surface area contributed by atoms with Crippen LogP contribution in [0.2, 0.25) is 0 Å². The molecule has 1 aliphatic rings. The van der Waals surface area contributed by atoms with Crippen LogP contribution in [0.1, 0.15) is 24.8 Å². The second-order valence-corrected chi connectivity index (χ2v) is 6.60. The zero-order valence-corrected chi connectivity index (χ0v) is 11.9. The number of hydrogen-bond donors (Lipinski definition) is 1. The van der Waals surface area contributed by atoms with Crippen molar-refractivity contribution in [1.29, 1.82) is 0 Å². The summed E-state index contributed by atoms with van der Waals surface area (Å²) in [6.45, 7) is 0.622. The van der Waals surface area contributed by atoms with Crippen LogP contribution < -0.4 is 0 Å². The minimum atomic E-state index is -3.95. The molecule has 1 fully saturated rings. The largest absolute Gasteiger partial charge is 0.464 e. The van der Waals surface area contributed by atoms with E-state index >= 15 is 0 Å². The van der Waals surface area contributed by atoms with E-state index in [9.17, 15) is 18.3 Å². The molecule has 6 nitrogen and oxygen atoms in total. The van der Waals surface area contributed by atoms with Gasteiger partial charge in [0.05, 0.1) is 6.54 Å². The molecule has 110 valence electrons. The van der Waals surface area contributed by atoms with Crippen LogP contribution in [0.25, 0.3) is 0 Å². The number of nitrogens with zero attached hydrogens (tertiary/aromatic N) is 2. The highest BCUT2D eigenvalue weighted by Crippen LogP contribution is 2.18. The molecule has 1 aromatic rings. The van der Waals surface area contributed by atoms with Gasteiger partial charge < -0.3 is 5.11 Å². The van der Waals surface area contributed by atoms with Crippen LogP contribution >= 0.6 is 0 Å². The van der Waals surface area contributed by atoms with Gasteiger partial charge in [-0.1, -0.05) is 36.8 Å². The maximum Gasteiger partial charge on any atom is 0.422 e. The van der Waals surface area contributed by atoms with Gasteiger partial charge in [0.2, 0.25) is 0 Å². The Morgan fingerprint density at radius 2 is 1.75 bits per heavy atom. The number of amides is 1. The molecule has 1 amide bonds. The van der Waals surface area contributed by atoms with Crippen molar-refractivity contribution in [3.05, 3.63) is 35.9 Å². The van der Waals surface area contributed by atoms with E-state index in [2.05, 4.69) is 0 Å². The summed E-state index contributed by atoms with van der Waals surface area (Å²) in [7, 11) is -3.95. The molecule has 0 aromatic heterocycles. The molecule has 7 heteroatoms.